The Labute approximate surface area is 130 Å². The molecule has 1 rings (SSSR count). The number of nitro benzene ring substituents is 1. The van der Waals surface area contributed by atoms with Gasteiger partial charge in [0.2, 0.25) is 10.0 Å². The van der Waals surface area contributed by atoms with E-state index in [-0.39, 0.29) is 35.6 Å². The minimum atomic E-state index is -3.69. The molecule has 21 heavy (non-hydrogen) atoms. The topological polar surface area (TPSA) is 115 Å². The Hall–Kier alpha value is -1.22. The van der Waals surface area contributed by atoms with E-state index < -0.39 is 14.9 Å². The molecule has 1 aromatic rings. The summed E-state index contributed by atoms with van der Waals surface area (Å²) in [5, 5.41) is 10.7. The fourth-order valence-electron chi connectivity index (χ4n) is 1.95. The third kappa shape index (κ3) is 5.24. The summed E-state index contributed by atoms with van der Waals surface area (Å²) in [5.74, 6) is 0. The fourth-order valence-corrected chi connectivity index (χ4v) is 3.45. The quantitative estimate of drug-likeness (QED) is 0.605. The largest absolute Gasteiger partial charge is 0.328 e. The van der Waals surface area contributed by atoms with Crippen molar-refractivity contribution in [3.05, 3.63) is 33.4 Å². The van der Waals surface area contributed by atoms with Crippen LogP contribution < -0.4 is 10.5 Å². The lowest BCUT2D eigenvalue weighted by atomic mass is 10.1. The van der Waals surface area contributed by atoms with E-state index in [2.05, 4.69) is 4.72 Å². The van der Waals surface area contributed by atoms with Crippen LogP contribution in [0.15, 0.2) is 17.0 Å². The maximum Gasteiger partial charge on any atom is 0.270 e. The SMILES string of the molecule is Cc1cc([N+](=O)[O-])cc(C)c1S(=O)(=O)NCCC(C)N.Cl. The first-order valence-electron chi connectivity index (χ1n) is 6.16. The molecule has 120 valence electrons. The molecule has 1 unspecified atom stereocenters. The van der Waals surface area contributed by atoms with Crippen molar-refractivity contribution in [3.8, 4) is 0 Å². The molecule has 3 N–H and O–H groups in total. The van der Waals surface area contributed by atoms with Crippen molar-refractivity contribution in [2.75, 3.05) is 6.54 Å². The summed E-state index contributed by atoms with van der Waals surface area (Å²) in [5.41, 5.74) is 6.15. The van der Waals surface area contributed by atoms with Crippen LogP contribution in [-0.2, 0) is 10.0 Å². The second-order valence-corrected chi connectivity index (χ2v) is 6.53. The Morgan fingerprint density at radius 1 is 1.33 bits per heavy atom. The van der Waals surface area contributed by atoms with Gasteiger partial charge in [0, 0.05) is 24.7 Å². The van der Waals surface area contributed by atoms with Crippen LogP contribution in [0.2, 0.25) is 0 Å². The molecular formula is C12H20ClN3O4S. The van der Waals surface area contributed by atoms with E-state index in [4.69, 9.17) is 5.73 Å². The molecule has 0 heterocycles. The van der Waals surface area contributed by atoms with Gasteiger partial charge in [-0.25, -0.2) is 13.1 Å². The van der Waals surface area contributed by atoms with Gasteiger partial charge in [0.05, 0.1) is 9.82 Å². The third-order valence-electron chi connectivity index (χ3n) is 2.82. The normalized spacial score (nSPS) is 12.6. The van der Waals surface area contributed by atoms with Crippen LogP contribution in [0.1, 0.15) is 24.5 Å². The third-order valence-corrected chi connectivity index (χ3v) is 4.58. The van der Waals surface area contributed by atoms with Gasteiger partial charge in [0.25, 0.3) is 5.69 Å². The minimum absolute atomic E-state index is 0. The molecular weight excluding hydrogens is 318 g/mol. The molecule has 0 aliphatic heterocycles. The van der Waals surface area contributed by atoms with Crippen LogP contribution in [0, 0.1) is 24.0 Å². The van der Waals surface area contributed by atoms with E-state index in [1.165, 1.54) is 12.1 Å². The highest BCUT2D eigenvalue weighted by Gasteiger charge is 2.22. The molecule has 0 aliphatic rings. The van der Waals surface area contributed by atoms with E-state index in [0.717, 1.165) is 0 Å². The Bertz CT molecular complexity index is 594. The average Bonchev–Trinajstić information content (AvgIpc) is 2.26. The summed E-state index contributed by atoms with van der Waals surface area (Å²) in [6.07, 6.45) is 0.518. The lowest BCUT2D eigenvalue weighted by Crippen LogP contribution is -2.30. The van der Waals surface area contributed by atoms with Crippen molar-refractivity contribution in [3.63, 3.8) is 0 Å². The molecule has 0 fully saturated rings. The van der Waals surface area contributed by atoms with Gasteiger partial charge in [0.15, 0.2) is 0 Å². The van der Waals surface area contributed by atoms with Crippen molar-refractivity contribution < 1.29 is 13.3 Å². The van der Waals surface area contributed by atoms with Crippen LogP contribution in [0.25, 0.3) is 0 Å². The maximum absolute atomic E-state index is 12.2. The molecule has 0 radical (unpaired) electrons. The summed E-state index contributed by atoms with van der Waals surface area (Å²) < 4.78 is 26.9. The molecule has 1 atom stereocenters. The number of nitro groups is 1. The van der Waals surface area contributed by atoms with E-state index in [9.17, 15) is 18.5 Å². The van der Waals surface area contributed by atoms with E-state index in [0.29, 0.717) is 17.5 Å². The smallest absolute Gasteiger partial charge is 0.270 e. The Balaban J connectivity index is 0.00000400. The van der Waals surface area contributed by atoms with Gasteiger partial charge in [-0.3, -0.25) is 10.1 Å². The molecule has 7 nitrogen and oxygen atoms in total. The van der Waals surface area contributed by atoms with Crippen LogP contribution in [0.3, 0.4) is 0 Å². The Morgan fingerprint density at radius 2 is 1.81 bits per heavy atom. The van der Waals surface area contributed by atoms with Crippen molar-refractivity contribution >= 4 is 28.1 Å². The van der Waals surface area contributed by atoms with Crippen molar-refractivity contribution in [1.29, 1.82) is 0 Å². The number of nitrogens with zero attached hydrogens (tertiary/aromatic N) is 1. The van der Waals surface area contributed by atoms with Crippen molar-refractivity contribution in [2.24, 2.45) is 5.73 Å². The predicted molar refractivity (Wildman–Crippen MR) is 83.3 cm³/mol. The number of rotatable bonds is 6. The minimum Gasteiger partial charge on any atom is -0.328 e. The maximum atomic E-state index is 12.2. The molecule has 0 bridgehead atoms. The Morgan fingerprint density at radius 3 is 2.19 bits per heavy atom. The van der Waals surface area contributed by atoms with Crippen LogP contribution >= 0.6 is 12.4 Å². The molecule has 1 aromatic carbocycles. The number of halogens is 1. The number of hydrogen-bond acceptors (Lipinski definition) is 5. The number of hydrogen-bond donors (Lipinski definition) is 2. The lowest BCUT2D eigenvalue weighted by molar-refractivity contribution is -0.385. The zero-order valence-electron chi connectivity index (χ0n) is 12.1. The number of benzene rings is 1. The molecule has 0 aliphatic carbocycles. The second-order valence-electron chi connectivity index (χ2n) is 4.83. The number of non-ortho nitro benzene ring substituents is 1. The summed E-state index contributed by atoms with van der Waals surface area (Å²) in [6, 6.07) is 2.41. The molecule has 0 saturated carbocycles. The molecule has 0 aromatic heterocycles. The highest BCUT2D eigenvalue weighted by molar-refractivity contribution is 7.89. The monoisotopic (exact) mass is 337 g/mol. The van der Waals surface area contributed by atoms with Crippen molar-refractivity contribution in [2.45, 2.75) is 38.1 Å². The molecule has 0 amide bonds. The van der Waals surface area contributed by atoms with Crippen LogP contribution in [0.5, 0.6) is 0 Å². The first-order chi connectivity index (χ1) is 9.15. The number of sulfonamides is 1. The standard InChI is InChI=1S/C12H19N3O4S.ClH/c1-8-6-11(15(16)17)7-9(2)12(8)20(18,19)14-5-4-10(3)13;/h6-7,10,14H,4-5,13H2,1-3H3;1H. The zero-order chi connectivity index (χ0) is 15.5. The van der Waals surface area contributed by atoms with Gasteiger partial charge in [0.1, 0.15) is 0 Å². The van der Waals surface area contributed by atoms with Gasteiger partial charge in [-0.15, -0.1) is 12.4 Å². The van der Waals surface area contributed by atoms with Gasteiger partial charge in [-0.05, 0) is 38.3 Å². The van der Waals surface area contributed by atoms with Crippen LogP contribution in [-0.4, -0.2) is 25.9 Å². The zero-order valence-corrected chi connectivity index (χ0v) is 13.8. The van der Waals surface area contributed by atoms with Gasteiger partial charge >= 0.3 is 0 Å². The molecule has 0 saturated heterocycles. The lowest BCUT2D eigenvalue weighted by Gasteiger charge is -2.12. The molecule has 9 heteroatoms. The fraction of sp³-hybridized carbons (Fsp3) is 0.500. The van der Waals surface area contributed by atoms with Gasteiger partial charge in [-0.1, -0.05) is 0 Å². The summed E-state index contributed by atoms with van der Waals surface area (Å²) in [7, 11) is -3.69. The second kappa shape index (κ2) is 7.69. The summed E-state index contributed by atoms with van der Waals surface area (Å²) in [6.45, 7) is 5.10. The highest BCUT2D eigenvalue weighted by Crippen LogP contribution is 2.25. The highest BCUT2D eigenvalue weighted by atomic mass is 35.5. The number of nitrogens with one attached hydrogen (secondary N) is 1. The number of nitrogens with two attached hydrogens (primary N) is 1. The first-order valence-corrected chi connectivity index (χ1v) is 7.64. The van der Waals surface area contributed by atoms with E-state index in [1.54, 1.807) is 20.8 Å². The summed E-state index contributed by atoms with van der Waals surface area (Å²) >= 11 is 0. The van der Waals surface area contributed by atoms with Crippen molar-refractivity contribution in [1.82, 2.24) is 4.72 Å². The van der Waals surface area contributed by atoms with E-state index in [1.807, 2.05) is 0 Å². The average molecular weight is 338 g/mol. The van der Waals surface area contributed by atoms with Gasteiger partial charge < -0.3 is 5.73 Å². The van der Waals surface area contributed by atoms with Crippen LogP contribution in [0.4, 0.5) is 5.69 Å². The summed E-state index contributed by atoms with van der Waals surface area (Å²) in [4.78, 5) is 10.3. The molecule has 0 spiro atoms. The predicted octanol–water partition coefficient (Wildman–Crippen LogP) is 1.65. The first kappa shape index (κ1) is 19.8. The van der Waals surface area contributed by atoms with Gasteiger partial charge in [-0.2, -0.15) is 0 Å². The number of aryl methyl sites for hydroxylation is 2. The Kier molecular flexibility index (Phi) is 7.25. The van der Waals surface area contributed by atoms with E-state index >= 15 is 0 Å².